The molecule has 0 spiro atoms. The molecule has 0 saturated carbocycles. The molecule has 1 amide bonds. The molecule has 124 valence electrons. The fraction of sp³-hybridized carbons (Fsp3) is 0.136. The lowest BCUT2D eigenvalue weighted by molar-refractivity contribution is 0.0670. The van der Waals surface area contributed by atoms with E-state index in [2.05, 4.69) is 36.7 Å². The van der Waals surface area contributed by atoms with Crippen molar-refractivity contribution in [2.75, 3.05) is 11.9 Å². The number of rotatable bonds is 3. The van der Waals surface area contributed by atoms with Crippen LogP contribution in [0.2, 0.25) is 0 Å². The summed E-state index contributed by atoms with van der Waals surface area (Å²) in [5, 5.41) is 3.53. The lowest BCUT2D eigenvalue weighted by atomic mass is 9.90. The Morgan fingerprint density at radius 1 is 1.20 bits per heavy atom. The molecule has 3 heteroatoms. The molecule has 0 aromatic heterocycles. The maximum absolute atomic E-state index is 12.8. The predicted octanol–water partition coefficient (Wildman–Crippen LogP) is 4.56. The molecule has 0 fully saturated rings. The van der Waals surface area contributed by atoms with Gasteiger partial charge in [-0.3, -0.25) is 4.79 Å². The smallest absolute Gasteiger partial charge is 0.257 e. The van der Waals surface area contributed by atoms with Gasteiger partial charge in [0.1, 0.15) is 6.17 Å². The zero-order valence-corrected chi connectivity index (χ0v) is 14.0. The van der Waals surface area contributed by atoms with Crippen LogP contribution in [0.4, 0.5) is 5.69 Å². The number of anilines is 1. The summed E-state index contributed by atoms with van der Waals surface area (Å²) < 4.78 is 0. The highest BCUT2D eigenvalue weighted by Crippen LogP contribution is 2.38. The third-order valence-corrected chi connectivity index (χ3v) is 4.93. The van der Waals surface area contributed by atoms with Gasteiger partial charge in [-0.1, -0.05) is 61.7 Å². The lowest BCUT2D eigenvalue weighted by Crippen LogP contribution is -2.46. The van der Waals surface area contributed by atoms with Crippen molar-refractivity contribution in [2.24, 2.45) is 0 Å². The Kier molecular flexibility index (Phi) is 3.77. The molecule has 1 atom stereocenters. The molecule has 0 aliphatic carbocycles. The number of hydrogen-bond acceptors (Lipinski definition) is 2. The zero-order chi connectivity index (χ0) is 17.4. The molecular formula is C22H20N2O. The first-order valence-electron chi connectivity index (χ1n) is 8.48. The van der Waals surface area contributed by atoms with Crippen LogP contribution in [-0.4, -0.2) is 17.4 Å². The monoisotopic (exact) mass is 328 g/mol. The largest absolute Gasteiger partial charge is 0.361 e. The van der Waals surface area contributed by atoms with Crippen molar-refractivity contribution in [3.8, 4) is 0 Å². The molecule has 0 saturated heterocycles. The number of amides is 1. The number of nitrogens with zero attached hydrogens (tertiary/aromatic N) is 1. The lowest BCUT2D eigenvalue weighted by Gasteiger charge is -2.42. The van der Waals surface area contributed by atoms with Crippen LogP contribution in [0.3, 0.4) is 0 Å². The Hall–Kier alpha value is -3.07. The maximum atomic E-state index is 12.8. The topological polar surface area (TPSA) is 32.3 Å². The zero-order valence-electron chi connectivity index (χ0n) is 14.0. The van der Waals surface area contributed by atoms with Gasteiger partial charge in [0.15, 0.2) is 0 Å². The minimum Gasteiger partial charge on any atom is -0.361 e. The number of para-hydroxylation sites is 1. The van der Waals surface area contributed by atoms with E-state index < -0.39 is 0 Å². The van der Waals surface area contributed by atoms with E-state index in [1.165, 1.54) is 11.1 Å². The van der Waals surface area contributed by atoms with Gasteiger partial charge >= 0.3 is 0 Å². The number of benzene rings is 2. The third-order valence-electron chi connectivity index (χ3n) is 4.93. The second-order valence-electron chi connectivity index (χ2n) is 6.32. The van der Waals surface area contributed by atoms with Gasteiger partial charge in [0.25, 0.3) is 5.91 Å². The van der Waals surface area contributed by atoms with E-state index in [0.717, 1.165) is 35.4 Å². The second-order valence-corrected chi connectivity index (χ2v) is 6.32. The highest BCUT2D eigenvalue weighted by atomic mass is 16.2. The first-order chi connectivity index (χ1) is 12.2. The van der Waals surface area contributed by atoms with E-state index in [-0.39, 0.29) is 12.1 Å². The summed E-state index contributed by atoms with van der Waals surface area (Å²) in [6.07, 6.45) is 6.33. The van der Waals surface area contributed by atoms with Crippen molar-refractivity contribution >= 4 is 17.2 Å². The van der Waals surface area contributed by atoms with Gasteiger partial charge in [0.2, 0.25) is 0 Å². The van der Waals surface area contributed by atoms with Crippen LogP contribution in [0.25, 0.3) is 5.57 Å². The number of nitrogens with one attached hydrogen (secondary N) is 1. The fourth-order valence-corrected chi connectivity index (χ4v) is 3.69. The number of carbonyl (C=O) groups is 1. The Morgan fingerprint density at radius 2 is 2.04 bits per heavy atom. The van der Waals surface area contributed by atoms with Crippen molar-refractivity contribution in [1.82, 2.24) is 4.90 Å². The molecule has 0 bridgehead atoms. The van der Waals surface area contributed by atoms with Crippen LogP contribution in [0.1, 0.15) is 33.2 Å². The van der Waals surface area contributed by atoms with Gasteiger partial charge in [-0.05, 0) is 40.8 Å². The summed E-state index contributed by atoms with van der Waals surface area (Å²) >= 11 is 0. The van der Waals surface area contributed by atoms with E-state index in [4.69, 9.17) is 0 Å². The molecule has 2 aliphatic heterocycles. The summed E-state index contributed by atoms with van der Waals surface area (Å²) in [7, 11) is 0. The van der Waals surface area contributed by atoms with Gasteiger partial charge < -0.3 is 10.2 Å². The molecule has 2 aliphatic rings. The minimum atomic E-state index is -0.101. The van der Waals surface area contributed by atoms with Crippen molar-refractivity contribution in [2.45, 2.75) is 12.6 Å². The van der Waals surface area contributed by atoms with Crippen LogP contribution < -0.4 is 5.32 Å². The standard InChI is InChI=1S/C22H20N2O/c1-3-7-15(4-2)16-10-11-18-17(14-16)12-13-24-21(18)23-20-9-6-5-8-19(20)22(24)25/h3-11,14,21,23H,1-2,12-13H2/b15-7+. The normalized spacial score (nSPS) is 18.6. The van der Waals surface area contributed by atoms with E-state index in [1.54, 1.807) is 6.08 Å². The molecule has 0 radical (unpaired) electrons. The van der Waals surface area contributed by atoms with Crippen molar-refractivity contribution in [3.05, 3.63) is 96.1 Å². The van der Waals surface area contributed by atoms with Crippen LogP contribution in [0, 0.1) is 0 Å². The van der Waals surface area contributed by atoms with Crippen LogP contribution in [0.15, 0.2) is 73.9 Å². The first kappa shape index (κ1) is 15.5. The summed E-state index contributed by atoms with van der Waals surface area (Å²) in [4.78, 5) is 14.7. The number of carbonyl (C=O) groups excluding carboxylic acids is 1. The molecule has 3 nitrogen and oxygen atoms in total. The molecular weight excluding hydrogens is 308 g/mol. The Balaban J connectivity index is 1.75. The predicted molar refractivity (Wildman–Crippen MR) is 102 cm³/mol. The van der Waals surface area contributed by atoms with E-state index >= 15 is 0 Å². The van der Waals surface area contributed by atoms with Gasteiger partial charge in [-0.15, -0.1) is 0 Å². The second kappa shape index (κ2) is 6.10. The highest BCUT2D eigenvalue weighted by molar-refractivity contribution is 6.02. The van der Waals surface area contributed by atoms with Gasteiger partial charge in [-0.25, -0.2) is 0 Å². The molecule has 1 N–H and O–H groups in total. The number of allylic oxidation sites excluding steroid dienone is 4. The molecule has 2 aromatic rings. The summed E-state index contributed by atoms with van der Waals surface area (Å²) in [6.45, 7) is 8.37. The fourth-order valence-electron chi connectivity index (χ4n) is 3.69. The minimum absolute atomic E-state index is 0.101. The number of hydrogen-bond donors (Lipinski definition) is 1. The summed E-state index contributed by atoms with van der Waals surface area (Å²) in [5.74, 6) is 0.104. The molecule has 2 heterocycles. The van der Waals surface area contributed by atoms with E-state index in [1.807, 2.05) is 41.3 Å². The molecule has 2 aromatic carbocycles. The Bertz CT molecular complexity index is 910. The summed E-state index contributed by atoms with van der Waals surface area (Å²) in [6, 6.07) is 14.1. The van der Waals surface area contributed by atoms with E-state index in [9.17, 15) is 4.79 Å². The Labute approximate surface area is 148 Å². The molecule has 25 heavy (non-hydrogen) atoms. The van der Waals surface area contributed by atoms with Gasteiger partial charge in [-0.2, -0.15) is 0 Å². The van der Waals surface area contributed by atoms with Crippen molar-refractivity contribution < 1.29 is 4.79 Å². The van der Waals surface area contributed by atoms with Crippen molar-refractivity contribution in [3.63, 3.8) is 0 Å². The quantitative estimate of drug-likeness (QED) is 0.838. The van der Waals surface area contributed by atoms with Crippen molar-refractivity contribution in [1.29, 1.82) is 0 Å². The van der Waals surface area contributed by atoms with Crippen LogP contribution >= 0.6 is 0 Å². The SMILES string of the molecule is C=C/C=C(\C=C)c1ccc2c(c1)CCN1C(=O)c3ccccc3NC21. The highest BCUT2D eigenvalue weighted by Gasteiger charge is 2.36. The van der Waals surface area contributed by atoms with Crippen LogP contribution in [0.5, 0.6) is 0 Å². The van der Waals surface area contributed by atoms with E-state index in [0.29, 0.717) is 0 Å². The maximum Gasteiger partial charge on any atom is 0.257 e. The average Bonchev–Trinajstić information content (AvgIpc) is 2.65. The first-order valence-corrected chi connectivity index (χ1v) is 8.48. The van der Waals surface area contributed by atoms with Gasteiger partial charge in [0, 0.05) is 12.2 Å². The summed E-state index contributed by atoms with van der Waals surface area (Å²) in [5.41, 5.74) is 6.28. The molecule has 4 rings (SSSR count). The van der Waals surface area contributed by atoms with Crippen LogP contribution in [-0.2, 0) is 6.42 Å². The third kappa shape index (κ3) is 2.49. The molecule has 1 unspecified atom stereocenters. The Morgan fingerprint density at radius 3 is 2.84 bits per heavy atom. The number of fused-ring (bicyclic) bond motifs is 4. The van der Waals surface area contributed by atoms with Gasteiger partial charge in [0.05, 0.1) is 5.56 Å². The average molecular weight is 328 g/mol.